The summed E-state index contributed by atoms with van der Waals surface area (Å²) < 4.78 is 21.0. The third-order valence-corrected chi connectivity index (χ3v) is 8.10. The molecule has 0 saturated heterocycles. The first-order valence-corrected chi connectivity index (χ1v) is 12.1. The molecule has 0 N–H and O–H groups in total. The lowest BCUT2D eigenvalue weighted by molar-refractivity contribution is -0.0442. The fourth-order valence-corrected chi connectivity index (χ4v) is 5.41. The minimum Gasteiger partial charge on any atom is -0.360 e. The van der Waals surface area contributed by atoms with E-state index in [2.05, 4.69) is 11.9 Å². The van der Waals surface area contributed by atoms with E-state index in [1.807, 2.05) is 0 Å². The van der Waals surface area contributed by atoms with Crippen molar-refractivity contribution in [3.05, 3.63) is 0 Å². The number of ether oxygens (including phenoxy) is 4. The van der Waals surface area contributed by atoms with Crippen LogP contribution in [-0.4, -0.2) is 84.3 Å². The van der Waals surface area contributed by atoms with Crippen LogP contribution in [0.25, 0.3) is 0 Å². The minimum atomic E-state index is -0.237. The summed E-state index contributed by atoms with van der Waals surface area (Å²) in [6, 6.07) is 2.61. The van der Waals surface area contributed by atoms with Crippen LogP contribution in [0.3, 0.4) is 0 Å². The maximum absolute atomic E-state index is 5.25. The Morgan fingerprint density at radius 2 is 1.05 bits per heavy atom. The average Bonchev–Trinajstić information content (AvgIpc) is 2.54. The van der Waals surface area contributed by atoms with Gasteiger partial charge >= 0.3 is 0 Å². The first-order chi connectivity index (χ1) is 10.7. The van der Waals surface area contributed by atoms with Gasteiger partial charge in [-0.05, 0) is 33.0 Å². The van der Waals surface area contributed by atoms with Crippen molar-refractivity contribution in [2.75, 3.05) is 48.6 Å². The van der Waals surface area contributed by atoms with E-state index in [-0.39, 0.29) is 30.9 Å². The Morgan fingerprint density at radius 1 is 0.682 bits per heavy atom. The summed E-state index contributed by atoms with van der Waals surface area (Å²) in [5.41, 5.74) is 0. The number of hydrogen-bond acceptors (Lipinski definition) is 5. The Hall–Kier alpha value is 0.234. The molecule has 0 aliphatic rings. The Balaban J connectivity index is 3.37. The lowest BCUT2D eigenvalue weighted by Crippen LogP contribution is -2.23. The number of hydrogen-bond donors (Lipinski definition) is 0. The highest BCUT2D eigenvalue weighted by Crippen LogP contribution is 2.04. The van der Waals surface area contributed by atoms with Gasteiger partial charge in [0.2, 0.25) is 0 Å². The van der Waals surface area contributed by atoms with Crippen LogP contribution in [0.2, 0.25) is 12.1 Å². The fraction of sp³-hybridized carbons (Fsp3) is 1.00. The van der Waals surface area contributed by atoms with Gasteiger partial charge in [-0.15, -0.1) is 0 Å². The molecular formula is C15H37NO4Si2. The van der Waals surface area contributed by atoms with Gasteiger partial charge in [0, 0.05) is 28.4 Å². The van der Waals surface area contributed by atoms with E-state index in [4.69, 9.17) is 18.9 Å². The monoisotopic (exact) mass is 351 g/mol. The number of rotatable bonds is 16. The van der Waals surface area contributed by atoms with E-state index in [1.165, 1.54) is 50.9 Å². The Bertz CT molecular complexity index is 208. The highest BCUT2D eigenvalue weighted by Gasteiger charge is 2.06. The van der Waals surface area contributed by atoms with E-state index in [9.17, 15) is 0 Å². The normalized spacial score (nSPS) is 13.1. The maximum Gasteiger partial charge on any atom is 0.134 e. The summed E-state index contributed by atoms with van der Waals surface area (Å²) in [6.07, 6.45) is 5.17. The fourth-order valence-electron chi connectivity index (χ4n) is 2.51. The van der Waals surface area contributed by atoms with Crippen LogP contribution in [0.4, 0.5) is 0 Å². The minimum absolute atomic E-state index is 0.102. The van der Waals surface area contributed by atoms with Crippen molar-refractivity contribution in [2.24, 2.45) is 0 Å². The standard InChI is InChI=1S/C15H37NO4Si2/c1-16(10-6-8-12-21-14(17-2)18-3)11-7-9-13-22-15(19-4)20-5/h14-15H,6-13,21-22H2,1-5H3. The van der Waals surface area contributed by atoms with Crippen molar-refractivity contribution in [3.8, 4) is 0 Å². The van der Waals surface area contributed by atoms with Gasteiger partial charge in [0.1, 0.15) is 11.8 Å². The van der Waals surface area contributed by atoms with Crippen LogP contribution >= 0.6 is 0 Å². The number of methoxy groups -OCH3 is 4. The lowest BCUT2D eigenvalue weighted by atomic mass is 10.3. The topological polar surface area (TPSA) is 40.2 Å². The van der Waals surface area contributed by atoms with E-state index in [0.29, 0.717) is 0 Å². The predicted molar refractivity (Wildman–Crippen MR) is 98.3 cm³/mol. The van der Waals surface area contributed by atoms with E-state index in [0.717, 1.165) is 0 Å². The molecule has 7 heteroatoms. The molecule has 0 aromatic carbocycles. The molecule has 0 heterocycles. The molecule has 0 rings (SSSR count). The Labute approximate surface area is 141 Å². The molecule has 0 bridgehead atoms. The highest BCUT2D eigenvalue weighted by atomic mass is 28.2. The van der Waals surface area contributed by atoms with Crippen molar-refractivity contribution >= 4 is 19.0 Å². The van der Waals surface area contributed by atoms with Gasteiger partial charge in [0.15, 0.2) is 0 Å². The molecule has 0 atom stereocenters. The van der Waals surface area contributed by atoms with Crippen LogP contribution < -0.4 is 0 Å². The molecule has 0 aromatic heterocycles. The van der Waals surface area contributed by atoms with Crippen molar-refractivity contribution in [3.63, 3.8) is 0 Å². The zero-order valence-corrected chi connectivity index (χ0v) is 18.1. The Morgan fingerprint density at radius 3 is 1.36 bits per heavy atom. The molecule has 22 heavy (non-hydrogen) atoms. The average molecular weight is 352 g/mol. The van der Waals surface area contributed by atoms with Crippen molar-refractivity contribution in [2.45, 2.75) is 49.6 Å². The molecule has 0 aromatic rings. The van der Waals surface area contributed by atoms with Gasteiger partial charge in [0.25, 0.3) is 0 Å². The highest BCUT2D eigenvalue weighted by molar-refractivity contribution is 6.36. The molecular weight excluding hydrogens is 314 g/mol. The molecule has 0 amide bonds. The van der Waals surface area contributed by atoms with Crippen LogP contribution in [0.15, 0.2) is 0 Å². The van der Waals surface area contributed by atoms with Crippen LogP contribution in [0, 0.1) is 0 Å². The summed E-state index contributed by atoms with van der Waals surface area (Å²) in [6.45, 7) is 2.41. The summed E-state index contributed by atoms with van der Waals surface area (Å²) in [7, 11) is 8.70. The first kappa shape index (κ1) is 22.2. The first-order valence-electron chi connectivity index (χ1n) is 8.47. The molecule has 5 nitrogen and oxygen atoms in total. The van der Waals surface area contributed by atoms with Crippen LogP contribution in [0.1, 0.15) is 25.7 Å². The van der Waals surface area contributed by atoms with Crippen molar-refractivity contribution in [1.82, 2.24) is 4.90 Å². The zero-order chi connectivity index (χ0) is 16.6. The number of nitrogens with zero attached hydrogens (tertiary/aromatic N) is 1. The molecule has 0 fully saturated rings. The second-order valence-electron chi connectivity index (χ2n) is 5.80. The third-order valence-electron chi connectivity index (χ3n) is 4.01. The molecule has 0 spiro atoms. The second-order valence-corrected chi connectivity index (χ2v) is 9.71. The quantitative estimate of drug-likeness (QED) is 0.234. The number of unbranched alkanes of at least 4 members (excludes halogenated alkanes) is 2. The largest absolute Gasteiger partial charge is 0.360 e. The van der Waals surface area contributed by atoms with Gasteiger partial charge in [-0.3, -0.25) is 0 Å². The third kappa shape index (κ3) is 12.7. The maximum atomic E-state index is 5.25. The SMILES string of the molecule is COC(OC)[SiH2]CCCCN(C)CCCC[SiH2]C(OC)OC. The van der Waals surface area contributed by atoms with Crippen molar-refractivity contribution < 1.29 is 18.9 Å². The smallest absolute Gasteiger partial charge is 0.134 e. The lowest BCUT2D eigenvalue weighted by Gasteiger charge is -2.17. The molecule has 0 aliphatic carbocycles. The van der Waals surface area contributed by atoms with Crippen LogP contribution in [0.5, 0.6) is 0 Å². The summed E-state index contributed by atoms with van der Waals surface area (Å²) in [5.74, 6) is 0.204. The van der Waals surface area contributed by atoms with Gasteiger partial charge < -0.3 is 23.8 Å². The summed E-state index contributed by atoms with van der Waals surface area (Å²) >= 11 is 0. The molecule has 0 saturated carbocycles. The zero-order valence-electron chi connectivity index (χ0n) is 15.3. The predicted octanol–water partition coefficient (Wildman–Crippen LogP) is 0.806. The molecule has 134 valence electrons. The van der Waals surface area contributed by atoms with Gasteiger partial charge in [0.05, 0.1) is 19.0 Å². The van der Waals surface area contributed by atoms with E-state index < -0.39 is 0 Å². The van der Waals surface area contributed by atoms with Crippen molar-refractivity contribution in [1.29, 1.82) is 0 Å². The Kier molecular flexibility index (Phi) is 16.3. The second kappa shape index (κ2) is 16.1. The van der Waals surface area contributed by atoms with Gasteiger partial charge in [-0.2, -0.15) is 0 Å². The van der Waals surface area contributed by atoms with Crippen LogP contribution in [-0.2, 0) is 18.9 Å². The van der Waals surface area contributed by atoms with Gasteiger partial charge in [-0.1, -0.05) is 24.9 Å². The van der Waals surface area contributed by atoms with E-state index in [1.54, 1.807) is 28.4 Å². The molecule has 0 radical (unpaired) electrons. The summed E-state index contributed by atoms with van der Waals surface area (Å²) in [4.78, 5) is 2.46. The molecule has 0 unspecified atom stereocenters. The molecule has 0 aliphatic heterocycles. The van der Waals surface area contributed by atoms with Gasteiger partial charge in [-0.25, -0.2) is 0 Å². The van der Waals surface area contributed by atoms with E-state index >= 15 is 0 Å². The summed E-state index contributed by atoms with van der Waals surface area (Å²) in [5, 5.41) is 0.